The maximum absolute atomic E-state index is 9.71. The molecule has 1 heterocycles. The molecule has 2 atom stereocenters. The number of ether oxygens (including phenoxy) is 1. The lowest BCUT2D eigenvalue weighted by Crippen LogP contribution is -2.19. The number of rotatable bonds is 5. The summed E-state index contributed by atoms with van der Waals surface area (Å²) in [6.07, 6.45) is -1.61. The highest BCUT2D eigenvalue weighted by atomic mass is 35.5. The molecular weight excluding hydrogens is 218 g/mol. The van der Waals surface area contributed by atoms with Crippen LogP contribution in [0.15, 0.2) is 18.2 Å². The second kappa shape index (κ2) is 5.90. The van der Waals surface area contributed by atoms with E-state index in [0.717, 1.165) is 0 Å². The number of pyridine rings is 1. The molecule has 0 radical (unpaired) electrons. The molecule has 84 valence electrons. The molecule has 0 aromatic carbocycles. The number of alkyl halides is 1. The van der Waals surface area contributed by atoms with Crippen LogP contribution >= 0.6 is 11.6 Å². The second-order valence-electron chi connectivity index (χ2n) is 3.09. The summed E-state index contributed by atoms with van der Waals surface area (Å²) in [6, 6.07) is 5.01. The number of aromatic nitrogens is 1. The Bertz CT molecular complexity index is 308. The van der Waals surface area contributed by atoms with Crippen molar-refractivity contribution in [1.29, 1.82) is 0 Å². The fourth-order valence-corrected chi connectivity index (χ4v) is 1.40. The minimum absolute atomic E-state index is 0.294. The lowest BCUT2D eigenvalue weighted by atomic mass is 10.1. The van der Waals surface area contributed by atoms with E-state index in [0.29, 0.717) is 23.9 Å². The molecule has 1 aromatic heterocycles. The summed E-state index contributed by atoms with van der Waals surface area (Å²) in [5.41, 5.74) is 0.381. The molecule has 0 saturated carbocycles. The standard InChI is InChI=1S/C10H14ClNO3/c1-15-9-4-2-3-7(12-9)10(14)8(13)5-6-11/h2-4,8,10,13-14H,5-6H2,1H3. The maximum Gasteiger partial charge on any atom is 0.213 e. The fourth-order valence-electron chi connectivity index (χ4n) is 1.18. The van der Waals surface area contributed by atoms with Crippen LogP contribution in [0.4, 0.5) is 0 Å². The number of hydrogen-bond donors (Lipinski definition) is 2. The molecule has 5 heteroatoms. The first-order valence-electron chi connectivity index (χ1n) is 4.62. The highest BCUT2D eigenvalue weighted by Crippen LogP contribution is 2.19. The van der Waals surface area contributed by atoms with Gasteiger partial charge in [-0.1, -0.05) is 6.07 Å². The molecule has 0 saturated heterocycles. The SMILES string of the molecule is COc1cccc(C(O)C(O)CCCl)n1. The molecular formula is C10H14ClNO3. The molecule has 1 aromatic rings. The molecule has 0 bridgehead atoms. The molecule has 0 aliphatic heterocycles. The summed E-state index contributed by atoms with van der Waals surface area (Å²) in [5.74, 6) is 0.701. The molecule has 0 aliphatic carbocycles. The lowest BCUT2D eigenvalue weighted by molar-refractivity contribution is 0.0142. The van der Waals surface area contributed by atoms with Gasteiger partial charge in [0.25, 0.3) is 0 Å². The monoisotopic (exact) mass is 231 g/mol. The Hall–Kier alpha value is -0.840. The number of hydrogen-bond acceptors (Lipinski definition) is 4. The second-order valence-corrected chi connectivity index (χ2v) is 3.47. The van der Waals surface area contributed by atoms with Gasteiger partial charge in [0, 0.05) is 11.9 Å². The summed E-state index contributed by atoms with van der Waals surface area (Å²) in [7, 11) is 1.49. The van der Waals surface area contributed by atoms with E-state index in [9.17, 15) is 10.2 Å². The predicted molar refractivity (Wildman–Crippen MR) is 57.1 cm³/mol. The zero-order chi connectivity index (χ0) is 11.3. The van der Waals surface area contributed by atoms with Crippen molar-refractivity contribution in [3.05, 3.63) is 23.9 Å². The minimum Gasteiger partial charge on any atom is -0.481 e. The molecule has 0 amide bonds. The summed E-state index contributed by atoms with van der Waals surface area (Å²) in [5, 5.41) is 19.2. The molecule has 0 spiro atoms. The van der Waals surface area contributed by atoms with Crippen molar-refractivity contribution in [2.24, 2.45) is 0 Å². The summed E-state index contributed by atoms with van der Waals surface area (Å²) < 4.78 is 4.91. The van der Waals surface area contributed by atoms with Crippen LogP contribution in [0, 0.1) is 0 Å². The third-order valence-corrected chi connectivity index (χ3v) is 2.24. The zero-order valence-electron chi connectivity index (χ0n) is 8.43. The van der Waals surface area contributed by atoms with E-state index in [4.69, 9.17) is 16.3 Å². The van der Waals surface area contributed by atoms with E-state index >= 15 is 0 Å². The molecule has 4 nitrogen and oxygen atoms in total. The van der Waals surface area contributed by atoms with E-state index in [1.165, 1.54) is 7.11 Å². The van der Waals surface area contributed by atoms with Crippen molar-refractivity contribution in [2.75, 3.05) is 13.0 Å². The van der Waals surface area contributed by atoms with Gasteiger partial charge in [0.2, 0.25) is 5.88 Å². The first-order chi connectivity index (χ1) is 7.19. The molecule has 0 aliphatic rings. The van der Waals surface area contributed by atoms with Gasteiger partial charge in [0.05, 0.1) is 18.9 Å². The van der Waals surface area contributed by atoms with Gasteiger partial charge >= 0.3 is 0 Å². The Balaban J connectivity index is 2.76. The van der Waals surface area contributed by atoms with E-state index in [2.05, 4.69) is 4.98 Å². The van der Waals surface area contributed by atoms with E-state index in [-0.39, 0.29) is 0 Å². The Morgan fingerprint density at radius 2 is 2.20 bits per heavy atom. The van der Waals surface area contributed by atoms with Gasteiger partial charge in [0.1, 0.15) is 6.10 Å². The minimum atomic E-state index is -1.03. The molecule has 1 rings (SSSR count). The van der Waals surface area contributed by atoms with Crippen molar-refractivity contribution in [2.45, 2.75) is 18.6 Å². The molecule has 2 unspecified atom stereocenters. The normalized spacial score (nSPS) is 14.7. The number of methoxy groups -OCH3 is 1. The average molecular weight is 232 g/mol. The smallest absolute Gasteiger partial charge is 0.213 e. The summed E-state index contributed by atoms with van der Waals surface area (Å²) >= 11 is 5.47. The maximum atomic E-state index is 9.71. The largest absolute Gasteiger partial charge is 0.481 e. The van der Waals surface area contributed by atoms with Crippen LogP contribution in [0.25, 0.3) is 0 Å². The van der Waals surface area contributed by atoms with Crippen LogP contribution in [0.1, 0.15) is 18.2 Å². The van der Waals surface area contributed by atoms with Crippen molar-refractivity contribution < 1.29 is 14.9 Å². The zero-order valence-corrected chi connectivity index (χ0v) is 9.18. The average Bonchev–Trinajstić information content (AvgIpc) is 2.28. The highest BCUT2D eigenvalue weighted by Gasteiger charge is 2.19. The van der Waals surface area contributed by atoms with Gasteiger partial charge in [-0.25, -0.2) is 4.98 Å². The van der Waals surface area contributed by atoms with Gasteiger partial charge in [0.15, 0.2) is 0 Å². The van der Waals surface area contributed by atoms with E-state index in [1.54, 1.807) is 18.2 Å². The lowest BCUT2D eigenvalue weighted by Gasteiger charge is -2.16. The van der Waals surface area contributed by atoms with Crippen LogP contribution in [-0.2, 0) is 0 Å². The van der Waals surface area contributed by atoms with Crippen molar-refractivity contribution in [1.82, 2.24) is 4.98 Å². The van der Waals surface area contributed by atoms with Gasteiger partial charge in [-0.05, 0) is 12.5 Å². The third-order valence-electron chi connectivity index (χ3n) is 2.03. The molecule has 0 fully saturated rings. The Morgan fingerprint density at radius 3 is 2.80 bits per heavy atom. The van der Waals surface area contributed by atoms with E-state index < -0.39 is 12.2 Å². The number of aliphatic hydroxyl groups is 2. The Labute approximate surface area is 93.5 Å². The van der Waals surface area contributed by atoms with Crippen LogP contribution < -0.4 is 4.74 Å². The highest BCUT2D eigenvalue weighted by molar-refractivity contribution is 6.17. The Kier molecular flexibility index (Phi) is 4.81. The van der Waals surface area contributed by atoms with Crippen molar-refractivity contribution in [3.63, 3.8) is 0 Å². The van der Waals surface area contributed by atoms with Crippen LogP contribution in [-0.4, -0.2) is 34.3 Å². The van der Waals surface area contributed by atoms with Crippen LogP contribution in [0.3, 0.4) is 0 Å². The Morgan fingerprint density at radius 1 is 1.47 bits per heavy atom. The van der Waals surface area contributed by atoms with Crippen LogP contribution in [0.2, 0.25) is 0 Å². The molecule has 15 heavy (non-hydrogen) atoms. The predicted octanol–water partition coefficient (Wildman–Crippen LogP) is 1.11. The number of aliphatic hydroxyl groups excluding tert-OH is 2. The first kappa shape index (κ1) is 12.2. The van der Waals surface area contributed by atoms with Gasteiger partial charge < -0.3 is 14.9 Å². The molecule has 2 N–H and O–H groups in total. The van der Waals surface area contributed by atoms with Crippen molar-refractivity contribution in [3.8, 4) is 5.88 Å². The quantitative estimate of drug-likeness (QED) is 0.746. The van der Waals surface area contributed by atoms with Crippen LogP contribution in [0.5, 0.6) is 5.88 Å². The van der Waals surface area contributed by atoms with Crippen molar-refractivity contribution >= 4 is 11.6 Å². The summed E-state index contributed by atoms with van der Waals surface area (Å²) in [4.78, 5) is 4.02. The fraction of sp³-hybridized carbons (Fsp3) is 0.500. The third kappa shape index (κ3) is 3.34. The number of halogens is 1. The van der Waals surface area contributed by atoms with E-state index in [1.807, 2.05) is 0 Å². The van der Waals surface area contributed by atoms with Gasteiger partial charge in [-0.2, -0.15) is 0 Å². The topological polar surface area (TPSA) is 62.6 Å². The van der Waals surface area contributed by atoms with Gasteiger partial charge in [-0.15, -0.1) is 11.6 Å². The number of nitrogens with zero attached hydrogens (tertiary/aromatic N) is 1. The van der Waals surface area contributed by atoms with Gasteiger partial charge in [-0.3, -0.25) is 0 Å². The summed E-state index contributed by atoms with van der Waals surface area (Å²) in [6.45, 7) is 0. The first-order valence-corrected chi connectivity index (χ1v) is 5.15.